The Morgan fingerprint density at radius 3 is 2.33 bits per heavy atom. The summed E-state index contributed by atoms with van der Waals surface area (Å²) in [6, 6.07) is 1.30. The molecule has 0 unspecified atom stereocenters. The quantitative estimate of drug-likeness (QED) is 0.860. The summed E-state index contributed by atoms with van der Waals surface area (Å²) in [6.07, 6.45) is 6.17. The van der Waals surface area contributed by atoms with Crippen LogP contribution in [0.1, 0.15) is 53.1 Å². The summed E-state index contributed by atoms with van der Waals surface area (Å²) in [5, 5.41) is 9.01. The lowest BCUT2D eigenvalue weighted by Crippen LogP contribution is -2.36. The van der Waals surface area contributed by atoms with Gasteiger partial charge in [-0.2, -0.15) is 4.31 Å². The molecule has 1 aliphatic rings. The van der Waals surface area contributed by atoms with Crippen LogP contribution >= 0.6 is 11.3 Å². The van der Waals surface area contributed by atoms with Crippen LogP contribution < -0.4 is 0 Å². The number of sulfonamides is 1. The number of carboxylic acid groups (broad SMARTS) is 1. The average molecular weight is 331 g/mol. The van der Waals surface area contributed by atoms with Crippen LogP contribution in [-0.4, -0.2) is 36.9 Å². The highest BCUT2D eigenvalue weighted by atomic mass is 32.2. The Kier molecular flexibility index (Phi) is 5.06. The van der Waals surface area contributed by atoms with Crippen LogP contribution in [0.4, 0.5) is 0 Å². The Hall–Kier alpha value is -0.920. The first-order valence-electron chi connectivity index (χ1n) is 7.16. The van der Waals surface area contributed by atoms with E-state index in [4.69, 9.17) is 5.11 Å². The second kappa shape index (κ2) is 6.46. The van der Waals surface area contributed by atoms with E-state index in [-0.39, 0.29) is 15.8 Å². The van der Waals surface area contributed by atoms with Crippen LogP contribution in [0.25, 0.3) is 0 Å². The number of carbonyl (C=O) groups is 1. The number of nitrogens with zero attached hydrogens (tertiary/aromatic N) is 1. The summed E-state index contributed by atoms with van der Waals surface area (Å²) >= 11 is 1.01. The predicted molar refractivity (Wildman–Crippen MR) is 82.5 cm³/mol. The third-order valence-corrected chi connectivity index (χ3v) is 7.28. The molecular weight excluding hydrogens is 310 g/mol. The first-order chi connectivity index (χ1) is 9.84. The third kappa shape index (κ3) is 3.46. The first kappa shape index (κ1) is 16.5. The minimum absolute atomic E-state index is 0.0186. The highest BCUT2D eigenvalue weighted by Crippen LogP contribution is 2.31. The smallest absolute Gasteiger partial charge is 0.345 e. The van der Waals surface area contributed by atoms with Gasteiger partial charge >= 0.3 is 5.97 Å². The molecule has 0 amide bonds. The molecule has 1 saturated carbocycles. The molecule has 2 rings (SSSR count). The van der Waals surface area contributed by atoms with Gasteiger partial charge in [-0.05, 0) is 25.8 Å². The summed E-state index contributed by atoms with van der Waals surface area (Å²) in [4.78, 5) is 11.8. The van der Waals surface area contributed by atoms with Crippen molar-refractivity contribution in [2.75, 3.05) is 7.05 Å². The second-order valence-electron chi connectivity index (χ2n) is 5.50. The molecule has 0 radical (unpaired) electrons. The first-order valence-corrected chi connectivity index (χ1v) is 9.41. The molecule has 0 spiro atoms. The van der Waals surface area contributed by atoms with Crippen molar-refractivity contribution in [1.82, 2.24) is 4.31 Å². The topological polar surface area (TPSA) is 74.7 Å². The molecule has 0 saturated heterocycles. The Morgan fingerprint density at radius 1 is 1.29 bits per heavy atom. The number of aryl methyl sites for hydroxylation is 1. The Morgan fingerprint density at radius 2 is 1.86 bits per heavy atom. The molecule has 1 aromatic rings. The molecule has 21 heavy (non-hydrogen) atoms. The maximum Gasteiger partial charge on any atom is 0.345 e. The van der Waals surface area contributed by atoms with Gasteiger partial charge in [0.25, 0.3) is 0 Å². The molecule has 1 N–H and O–H groups in total. The fourth-order valence-electron chi connectivity index (χ4n) is 2.80. The zero-order valence-corrected chi connectivity index (χ0v) is 14.0. The van der Waals surface area contributed by atoms with Gasteiger partial charge in [0.05, 0.1) is 4.90 Å². The van der Waals surface area contributed by atoms with Crippen LogP contribution in [0.5, 0.6) is 0 Å². The van der Waals surface area contributed by atoms with Crippen molar-refractivity contribution in [1.29, 1.82) is 0 Å². The van der Waals surface area contributed by atoms with Crippen LogP contribution in [0.3, 0.4) is 0 Å². The minimum atomic E-state index is -3.62. The highest BCUT2D eigenvalue weighted by Gasteiger charge is 2.31. The standard InChI is InChI=1S/C14H21NO4S2/c1-10-13(9-12(20-10)14(16)17)21(18,19)15(2)11-7-5-3-4-6-8-11/h9,11H,3-8H2,1-2H3,(H,16,17). The number of rotatable bonds is 4. The van der Waals surface area contributed by atoms with Gasteiger partial charge in [-0.1, -0.05) is 25.7 Å². The summed E-state index contributed by atoms with van der Waals surface area (Å²) in [6.45, 7) is 1.66. The summed E-state index contributed by atoms with van der Waals surface area (Å²) in [5.74, 6) is -1.08. The number of aromatic carboxylic acids is 1. The molecule has 1 heterocycles. The van der Waals surface area contributed by atoms with Crippen LogP contribution in [0.2, 0.25) is 0 Å². The van der Waals surface area contributed by atoms with E-state index in [1.165, 1.54) is 10.4 Å². The van der Waals surface area contributed by atoms with E-state index in [9.17, 15) is 13.2 Å². The molecule has 0 bridgehead atoms. The van der Waals surface area contributed by atoms with E-state index in [0.29, 0.717) is 4.88 Å². The lowest BCUT2D eigenvalue weighted by molar-refractivity contribution is 0.0702. The number of hydrogen-bond donors (Lipinski definition) is 1. The molecule has 1 aromatic heterocycles. The number of carboxylic acids is 1. The summed E-state index contributed by atoms with van der Waals surface area (Å²) in [5.41, 5.74) is 0. The lowest BCUT2D eigenvalue weighted by Gasteiger charge is -2.26. The Bertz CT molecular complexity index is 613. The van der Waals surface area contributed by atoms with Gasteiger partial charge in [0.2, 0.25) is 10.0 Å². The van der Waals surface area contributed by atoms with E-state index >= 15 is 0 Å². The van der Waals surface area contributed by atoms with Crippen LogP contribution in [0, 0.1) is 6.92 Å². The average Bonchev–Trinajstić information content (AvgIpc) is 2.65. The summed E-state index contributed by atoms with van der Waals surface area (Å²) < 4.78 is 26.9. The number of thiophene rings is 1. The van der Waals surface area contributed by atoms with E-state index in [1.807, 2.05) is 0 Å². The van der Waals surface area contributed by atoms with E-state index in [0.717, 1.165) is 49.9 Å². The van der Waals surface area contributed by atoms with Crippen molar-refractivity contribution in [3.05, 3.63) is 15.8 Å². The zero-order chi connectivity index (χ0) is 15.6. The van der Waals surface area contributed by atoms with Gasteiger partial charge < -0.3 is 5.11 Å². The monoisotopic (exact) mass is 331 g/mol. The van der Waals surface area contributed by atoms with Crippen LogP contribution in [-0.2, 0) is 10.0 Å². The van der Waals surface area contributed by atoms with Gasteiger partial charge in [0.15, 0.2) is 0 Å². The van der Waals surface area contributed by atoms with Crippen molar-refractivity contribution < 1.29 is 18.3 Å². The molecule has 118 valence electrons. The van der Waals surface area contributed by atoms with E-state index in [2.05, 4.69) is 0 Å². The SMILES string of the molecule is Cc1sc(C(=O)O)cc1S(=O)(=O)N(C)C1CCCCCC1. The Labute approximate surface area is 129 Å². The van der Waals surface area contributed by atoms with Gasteiger partial charge in [-0.3, -0.25) is 0 Å². The highest BCUT2D eigenvalue weighted by molar-refractivity contribution is 7.89. The molecule has 0 aliphatic heterocycles. The second-order valence-corrected chi connectivity index (χ2v) is 8.73. The lowest BCUT2D eigenvalue weighted by atomic mass is 10.1. The molecule has 7 heteroatoms. The maximum absolute atomic E-state index is 12.7. The third-order valence-electron chi connectivity index (χ3n) is 4.08. The fraction of sp³-hybridized carbons (Fsp3) is 0.643. The Balaban J connectivity index is 2.30. The molecule has 1 aliphatic carbocycles. The summed E-state index contributed by atoms with van der Waals surface area (Å²) in [7, 11) is -2.00. The molecule has 0 atom stereocenters. The zero-order valence-electron chi connectivity index (χ0n) is 12.3. The van der Waals surface area contributed by atoms with Gasteiger partial charge in [0, 0.05) is 18.0 Å². The van der Waals surface area contributed by atoms with Crippen LogP contribution in [0.15, 0.2) is 11.0 Å². The van der Waals surface area contributed by atoms with E-state index < -0.39 is 16.0 Å². The number of hydrogen-bond acceptors (Lipinski definition) is 4. The molecule has 5 nitrogen and oxygen atoms in total. The molecule has 1 fully saturated rings. The largest absolute Gasteiger partial charge is 0.477 e. The minimum Gasteiger partial charge on any atom is -0.477 e. The van der Waals surface area contributed by atoms with Crippen molar-refractivity contribution in [3.8, 4) is 0 Å². The van der Waals surface area contributed by atoms with Gasteiger partial charge in [-0.15, -0.1) is 11.3 Å². The molecule has 0 aromatic carbocycles. The van der Waals surface area contributed by atoms with Crippen molar-refractivity contribution in [3.63, 3.8) is 0 Å². The van der Waals surface area contributed by atoms with Gasteiger partial charge in [-0.25, -0.2) is 13.2 Å². The van der Waals surface area contributed by atoms with Gasteiger partial charge in [0.1, 0.15) is 4.88 Å². The van der Waals surface area contributed by atoms with Crippen molar-refractivity contribution in [2.45, 2.75) is 56.4 Å². The van der Waals surface area contributed by atoms with E-state index in [1.54, 1.807) is 14.0 Å². The molecular formula is C14H21NO4S2. The maximum atomic E-state index is 12.7. The predicted octanol–water partition coefficient (Wildman–Crippen LogP) is 3.10. The van der Waals surface area contributed by atoms with Crippen molar-refractivity contribution >= 4 is 27.3 Å². The normalized spacial score (nSPS) is 17.9. The fourth-order valence-corrected chi connectivity index (χ4v) is 5.61. The van der Waals surface area contributed by atoms with Crippen molar-refractivity contribution in [2.24, 2.45) is 0 Å².